The van der Waals surface area contributed by atoms with Crippen molar-refractivity contribution in [1.29, 1.82) is 0 Å². The monoisotopic (exact) mass is 244 g/mol. The highest BCUT2D eigenvalue weighted by Crippen LogP contribution is 2.23. The summed E-state index contributed by atoms with van der Waals surface area (Å²) in [4.78, 5) is 0. The summed E-state index contributed by atoms with van der Waals surface area (Å²) >= 11 is 0. The van der Waals surface area contributed by atoms with E-state index in [0.29, 0.717) is 19.6 Å². The third-order valence-electron chi connectivity index (χ3n) is 3.36. The van der Waals surface area contributed by atoms with Gasteiger partial charge in [-0.15, -0.1) is 5.10 Å². The van der Waals surface area contributed by atoms with Gasteiger partial charge in [-0.2, -0.15) is 5.10 Å². The van der Waals surface area contributed by atoms with Crippen LogP contribution in [0.2, 0.25) is 0 Å². The van der Waals surface area contributed by atoms with Gasteiger partial charge in [0.2, 0.25) is 0 Å². The maximum atomic E-state index is 10.0. The molecular formula is C13H16N4O. The van der Waals surface area contributed by atoms with Crippen LogP contribution in [0.25, 0.3) is 10.8 Å². The van der Waals surface area contributed by atoms with Crippen LogP contribution in [0.1, 0.15) is 5.69 Å². The maximum Gasteiger partial charge on any atom is 0.156 e. The van der Waals surface area contributed by atoms with Crippen molar-refractivity contribution in [3.8, 4) is 0 Å². The van der Waals surface area contributed by atoms with E-state index in [1.54, 1.807) is 0 Å². The molecule has 5 heteroatoms. The van der Waals surface area contributed by atoms with Crippen LogP contribution in [0.4, 0.5) is 5.82 Å². The molecule has 18 heavy (non-hydrogen) atoms. The highest BCUT2D eigenvalue weighted by Gasteiger charge is 2.34. The number of aryl methyl sites for hydroxylation is 1. The van der Waals surface area contributed by atoms with Crippen molar-refractivity contribution in [2.75, 3.05) is 25.0 Å². The van der Waals surface area contributed by atoms with Gasteiger partial charge in [0.25, 0.3) is 0 Å². The molecule has 0 spiro atoms. The molecule has 0 bridgehead atoms. The summed E-state index contributed by atoms with van der Waals surface area (Å²) < 4.78 is 0. The Hall–Kier alpha value is -1.72. The van der Waals surface area contributed by atoms with E-state index in [4.69, 9.17) is 0 Å². The minimum atomic E-state index is -0.659. The van der Waals surface area contributed by atoms with Gasteiger partial charge in [0, 0.05) is 30.4 Å². The number of nitrogens with one attached hydrogen (secondary N) is 2. The van der Waals surface area contributed by atoms with Crippen LogP contribution in [0.3, 0.4) is 0 Å². The number of hydrogen-bond donors (Lipinski definition) is 3. The fraction of sp³-hybridized carbons (Fsp3) is 0.385. The number of aromatic nitrogens is 2. The first kappa shape index (κ1) is 11.4. The zero-order valence-corrected chi connectivity index (χ0v) is 10.3. The highest BCUT2D eigenvalue weighted by molar-refractivity contribution is 5.92. The summed E-state index contributed by atoms with van der Waals surface area (Å²) in [6, 6.07) is 8.02. The molecular weight excluding hydrogens is 228 g/mol. The average Bonchev–Trinajstić information content (AvgIpc) is 2.36. The van der Waals surface area contributed by atoms with Crippen LogP contribution >= 0.6 is 0 Å². The van der Waals surface area contributed by atoms with Gasteiger partial charge in [0.05, 0.1) is 5.69 Å². The summed E-state index contributed by atoms with van der Waals surface area (Å²) in [5.41, 5.74) is 0.258. The van der Waals surface area contributed by atoms with Gasteiger partial charge >= 0.3 is 0 Å². The number of rotatable bonds is 3. The number of β-amino-alcohol motifs (C(OH)–C–C–N with tert-alkyl or cyclic N) is 1. The fourth-order valence-electron chi connectivity index (χ4n) is 2.16. The molecule has 2 aromatic rings. The summed E-state index contributed by atoms with van der Waals surface area (Å²) in [5.74, 6) is 0.733. The van der Waals surface area contributed by atoms with Crippen molar-refractivity contribution in [1.82, 2.24) is 15.5 Å². The van der Waals surface area contributed by atoms with E-state index in [1.165, 1.54) is 0 Å². The second kappa shape index (κ2) is 4.19. The standard InChI is InChI=1S/C13H16N4O/c1-9-10-4-2-3-5-11(10)12(17-16-9)15-8-13(18)6-14-7-13/h2-5,14,18H,6-8H2,1H3,(H,15,17). The third kappa shape index (κ3) is 1.91. The van der Waals surface area contributed by atoms with Crippen molar-refractivity contribution < 1.29 is 5.11 Å². The van der Waals surface area contributed by atoms with Crippen LogP contribution in [0, 0.1) is 6.92 Å². The van der Waals surface area contributed by atoms with Gasteiger partial charge in [-0.3, -0.25) is 0 Å². The SMILES string of the molecule is Cc1nnc(NCC2(O)CNC2)c2ccccc12. The highest BCUT2D eigenvalue weighted by atomic mass is 16.3. The predicted molar refractivity (Wildman–Crippen MR) is 70.6 cm³/mol. The molecule has 1 aliphatic heterocycles. The number of hydrogen-bond acceptors (Lipinski definition) is 5. The Morgan fingerprint density at radius 3 is 2.67 bits per heavy atom. The lowest BCUT2D eigenvalue weighted by molar-refractivity contribution is 0.00308. The number of fused-ring (bicyclic) bond motifs is 1. The zero-order chi connectivity index (χ0) is 12.6. The van der Waals surface area contributed by atoms with E-state index in [-0.39, 0.29) is 0 Å². The fourth-order valence-corrected chi connectivity index (χ4v) is 2.16. The van der Waals surface area contributed by atoms with Gasteiger partial charge in [0.1, 0.15) is 5.60 Å². The number of nitrogens with zero attached hydrogens (tertiary/aromatic N) is 2. The Bertz CT molecular complexity index is 580. The van der Waals surface area contributed by atoms with E-state index in [2.05, 4.69) is 20.8 Å². The average molecular weight is 244 g/mol. The Labute approximate surface area is 105 Å². The normalized spacial score (nSPS) is 17.4. The van der Waals surface area contributed by atoms with E-state index >= 15 is 0 Å². The Kier molecular flexibility index (Phi) is 2.65. The lowest BCUT2D eigenvalue weighted by atomic mass is 9.97. The molecule has 3 N–H and O–H groups in total. The summed E-state index contributed by atoms with van der Waals surface area (Å²) in [7, 11) is 0. The molecule has 2 heterocycles. The van der Waals surface area contributed by atoms with Crippen molar-refractivity contribution in [3.63, 3.8) is 0 Å². The topological polar surface area (TPSA) is 70.1 Å². The second-order valence-electron chi connectivity index (χ2n) is 4.86. The first-order chi connectivity index (χ1) is 8.68. The molecule has 1 aromatic heterocycles. The van der Waals surface area contributed by atoms with Gasteiger partial charge < -0.3 is 15.7 Å². The number of aliphatic hydroxyl groups is 1. The quantitative estimate of drug-likeness (QED) is 0.741. The maximum absolute atomic E-state index is 10.0. The molecule has 1 saturated heterocycles. The Morgan fingerprint density at radius 2 is 2.00 bits per heavy atom. The molecule has 0 radical (unpaired) electrons. The van der Waals surface area contributed by atoms with Crippen LogP contribution in [-0.2, 0) is 0 Å². The van der Waals surface area contributed by atoms with Crippen molar-refractivity contribution in [3.05, 3.63) is 30.0 Å². The van der Waals surface area contributed by atoms with Gasteiger partial charge in [-0.1, -0.05) is 24.3 Å². The third-order valence-corrected chi connectivity index (χ3v) is 3.36. The van der Waals surface area contributed by atoms with E-state index < -0.39 is 5.60 Å². The zero-order valence-electron chi connectivity index (χ0n) is 10.3. The van der Waals surface area contributed by atoms with Gasteiger partial charge in [0.15, 0.2) is 5.82 Å². The first-order valence-electron chi connectivity index (χ1n) is 6.07. The predicted octanol–water partition coefficient (Wildman–Crippen LogP) is 0.684. The molecule has 0 atom stereocenters. The van der Waals surface area contributed by atoms with Crippen LogP contribution in [-0.4, -0.2) is 40.5 Å². The summed E-state index contributed by atoms with van der Waals surface area (Å²) in [6.07, 6.45) is 0. The minimum absolute atomic E-state index is 0.488. The van der Waals surface area contributed by atoms with E-state index in [9.17, 15) is 5.11 Å². The molecule has 0 unspecified atom stereocenters. The molecule has 94 valence electrons. The van der Waals surface area contributed by atoms with E-state index in [0.717, 1.165) is 22.3 Å². The van der Waals surface area contributed by atoms with Crippen LogP contribution in [0.15, 0.2) is 24.3 Å². The molecule has 1 aromatic carbocycles. The molecule has 1 aliphatic rings. The van der Waals surface area contributed by atoms with Crippen LogP contribution in [0.5, 0.6) is 0 Å². The summed E-state index contributed by atoms with van der Waals surface area (Å²) in [5, 5.41) is 26.7. The number of anilines is 1. The van der Waals surface area contributed by atoms with Gasteiger partial charge in [-0.25, -0.2) is 0 Å². The Balaban J connectivity index is 1.90. The lowest BCUT2D eigenvalue weighted by Crippen LogP contribution is -2.63. The second-order valence-corrected chi connectivity index (χ2v) is 4.86. The lowest BCUT2D eigenvalue weighted by Gasteiger charge is -2.37. The molecule has 0 saturated carbocycles. The smallest absolute Gasteiger partial charge is 0.156 e. The summed E-state index contributed by atoms with van der Waals surface area (Å²) in [6.45, 7) is 3.68. The molecule has 3 rings (SSSR count). The molecule has 1 fully saturated rings. The largest absolute Gasteiger partial charge is 0.385 e. The minimum Gasteiger partial charge on any atom is -0.385 e. The molecule has 5 nitrogen and oxygen atoms in total. The number of benzene rings is 1. The first-order valence-corrected chi connectivity index (χ1v) is 6.07. The van der Waals surface area contributed by atoms with Crippen molar-refractivity contribution in [2.24, 2.45) is 0 Å². The Morgan fingerprint density at radius 1 is 1.28 bits per heavy atom. The van der Waals surface area contributed by atoms with Crippen molar-refractivity contribution in [2.45, 2.75) is 12.5 Å². The molecule has 0 amide bonds. The molecule has 0 aliphatic carbocycles. The van der Waals surface area contributed by atoms with Crippen LogP contribution < -0.4 is 10.6 Å². The van der Waals surface area contributed by atoms with E-state index in [1.807, 2.05) is 31.2 Å². The van der Waals surface area contributed by atoms with Gasteiger partial charge in [-0.05, 0) is 6.92 Å². The van der Waals surface area contributed by atoms with Crippen molar-refractivity contribution >= 4 is 16.6 Å².